The molecule has 7 aromatic rings. The smallest absolute Gasteiger partial charge is 0.0541 e. The zero-order valence-corrected chi connectivity index (χ0v) is 29.4. The summed E-state index contributed by atoms with van der Waals surface area (Å²) in [6.07, 6.45) is 19.8. The maximum atomic E-state index is 5.45. The Morgan fingerprint density at radius 2 is 1.33 bits per heavy atom. The summed E-state index contributed by atoms with van der Waals surface area (Å²) in [7, 11) is 0. The monoisotopic (exact) mass is 670 g/mol. The molecule has 0 saturated heterocycles. The van der Waals surface area contributed by atoms with E-state index in [1.165, 1.54) is 75.4 Å². The molecule has 52 heavy (non-hydrogen) atoms. The molecule has 2 nitrogen and oxygen atoms in total. The lowest BCUT2D eigenvalue weighted by atomic mass is 9.80. The van der Waals surface area contributed by atoms with Crippen molar-refractivity contribution in [1.29, 1.82) is 0 Å². The zero-order chi connectivity index (χ0) is 34.9. The maximum Gasteiger partial charge on any atom is 0.0541 e. The summed E-state index contributed by atoms with van der Waals surface area (Å²) in [5.74, 6) is 4.85. The molecule has 1 aromatic heterocycles. The molecule has 2 aliphatic carbocycles. The molecule has 0 spiro atoms. The zero-order valence-electron chi connectivity index (χ0n) is 29.4. The van der Waals surface area contributed by atoms with Crippen LogP contribution in [0.5, 0.6) is 0 Å². The van der Waals surface area contributed by atoms with E-state index in [2.05, 4.69) is 173 Å². The number of allylic oxidation sites excluding steroid dienone is 4. The third kappa shape index (κ3) is 5.93. The highest BCUT2D eigenvalue weighted by Gasteiger charge is 2.41. The average Bonchev–Trinajstić information content (AvgIpc) is 3.93. The van der Waals surface area contributed by atoms with Gasteiger partial charge in [0.05, 0.1) is 11.0 Å². The van der Waals surface area contributed by atoms with E-state index in [4.69, 9.17) is 6.42 Å². The van der Waals surface area contributed by atoms with Gasteiger partial charge in [0.2, 0.25) is 0 Å². The first-order valence-electron chi connectivity index (χ1n) is 18.7. The largest absolute Gasteiger partial charge is 0.310 e. The van der Waals surface area contributed by atoms with E-state index in [0.717, 1.165) is 35.3 Å². The molecular weight excluding hydrogens is 629 g/mol. The highest BCUT2D eigenvalue weighted by molar-refractivity contribution is 6.09. The Hall–Kier alpha value is -6.04. The van der Waals surface area contributed by atoms with Gasteiger partial charge in [-0.3, -0.25) is 0 Å². The van der Waals surface area contributed by atoms with Gasteiger partial charge in [-0.1, -0.05) is 122 Å². The Balaban J connectivity index is 1.19. The Morgan fingerprint density at radius 1 is 0.635 bits per heavy atom. The van der Waals surface area contributed by atoms with Gasteiger partial charge in [-0.15, -0.1) is 6.42 Å². The Morgan fingerprint density at radius 3 is 2.04 bits per heavy atom. The normalized spacial score (nSPS) is 18.2. The molecule has 2 bridgehead atoms. The lowest BCUT2D eigenvalue weighted by Crippen LogP contribution is -2.14. The van der Waals surface area contributed by atoms with Crippen molar-refractivity contribution in [2.24, 2.45) is 11.8 Å². The fourth-order valence-electron chi connectivity index (χ4n) is 9.12. The van der Waals surface area contributed by atoms with E-state index >= 15 is 0 Å². The summed E-state index contributed by atoms with van der Waals surface area (Å²) in [6, 6.07) is 53.5. The second-order valence-electron chi connectivity index (χ2n) is 14.5. The number of hydrogen-bond acceptors (Lipinski definition) is 1. The van der Waals surface area contributed by atoms with Gasteiger partial charge in [0.1, 0.15) is 0 Å². The number of aromatic nitrogens is 1. The standard InChI is InChI=1S/C50H42N2/c1-2-3-4-5-7-17-39-28-31-44(35-48(39)47-33-36-24-25-40(47)32-36)51(41-29-26-38(27-30-41)37-15-8-6-9-16-37)42-18-14-19-43(34-42)52-49-22-12-10-20-45(49)46-21-11-13-23-50(46)52/h1,3-16,18-23,26-31,34-36,40,47H,17,24-25,32-33H2/b4-3-,7-5-/t36-,40+,47+/m0/s1. The van der Waals surface area contributed by atoms with E-state index in [9.17, 15) is 0 Å². The number of para-hydroxylation sites is 2. The van der Waals surface area contributed by atoms with E-state index in [-0.39, 0.29) is 0 Å². The molecule has 2 aliphatic rings. The van der Waals surface area contributed by atoms with E-state index < -0.39 is 0 Å². The number of benzene rings is 6. The van der Waals surface area contributed by atoms with Gasteiger partial charge >= 0.3 is 0 Å². The Bertz CT molecular complexity index is 2420. The lowest BCUT2D eigenvalue weighted by Gasteiger charge is -2.30. The fourth-order valence-corrected chi connectivity index (χ4v) is 9.12. The number of nitrogens with zero attached hydrogens (tertiary/aromatic N) is 2. The average molecular weight is 671 g/mol. The second-order valence-corrected chi connectivity index (χ2v) is 14.5. The van der Waals surface area contributed by atoms with Crippen molar-refractivity contribution in [3.63, 3.8) is 0 Å². The number of fused-ring (bicyclic) bond motifs is 5. The molecule has 2 heteroatoms. The molecule has 0 N–H and O–H groups in total. The summed E-state index contributed by atoms with van der Waals surface area (Å²) in [5.41, 5.74) is 12.4. The molecule has 0 amide bonds. The molecule has 2 saturated carbocycles. The van der Waals surface area contributed by atoms with Crippen LogP contribution in [0.4, 0.5) is 17.1 Å². The van der Waals surface area contributed by atoms with Gasteiger partial charge in [-0.25, -0.2) is 0 Å². The first kappa shape index (κ1) is 31.9. The van der Waals surface area contributed by atoms with Gasteiger partial charge in [0, 0.05) is 33.5 Å². The summed E-state index contributed by atoms with van der Waals surface area (Å²) in [5, 5.41) is 2.54. The number of rotatable bonds is 9. The molecule has 252 valence electrons. The Labute approximate surface area is 307 Å². The second kappa shape index (κ2) is 13.9. The summed E-state index contributed by atoms with van der Waals surface area (Å²) in [4.78, 5) is 2.46. The van der Waals surface area contributed by atoms with Gasteiger partial charge in [-0.05, 0) is 126 Å². The van der Waals surface area contributed by atoms with Crippen LogP contribution in [0.1, 0.15) is 42.7 Å². The predicted octanol–water partition coefficient (Wildman–Crippen LogP) is 13.1. The molecule has 6 aromatic carbocycles. The van der Waals surface area contributed by atoms with Crippen molar-refractivity contribution in [2.75, 3.05) is 4.90 Å². The Kier molecular flexibility index (Phi) is 8.55. The highest BCUT2D eigenvalue weighted by Crippen LogP contribution is 2.54. The minimum Gasteiger partial charge on any atom is -0.310 e. The maximum absolute atomic E-state index is 5.45. The van der Waals surface area contributed by atoms with Crippen LogP contribution in [0.25, 0.3) is 38.6 Å². The van der Waals surface area contributed by atoms with E-state index in [0.29, 0.717) is 5.92 Å². The first-order valence-corrected chi connectivity index (χ1v) is 18.7. The molecule has 0 aliphatic heterocycles. The highest BCUT2D eigenvalue weighted by atomic mass is 15.1. The molecule has 3 atom stereocenters. The number of terminal acetylenes is 1. The van der Waals surface area contributed by atoms with Gasteiger partial charge in [0.15, 0.2) is 0 Å². The van der Waals surface area contributed by atoms with Crippen molar-refractivity contribution in [2.45, 2.75) is 38.0 Å². The molecule has 9 rings (SSSR count). The SMILES string of the molecule is C#C/C=C\C=C/Cc1ccc(N(c2ccc(-c3ccccc3)cc2)c2cccc(-n3c4ccccc4c4ccccc43)c2)cc1[C@@H]1C[C@H]2CC[C@@H]1C2. The fraction of sp³-hybridized carbons (Fsp3) is 0.160. The van der Waals surface area contributed by atoms with Crippen molar-refractivity contribution < 1.29 is 0 Å². The van der Waals surface area contributed by atoms with Crippen molar-refractivity contribution in [3.8, 4) is 29.2 Å². The molecule has 1 heterocycles. The van der Waals surface area contributed by atoms with Crippen LogP contribution in [0, 0.1) is 24.2 Å². The first-order chi connectivity index (χ1) is 25.7. The summed E-state index contributed by atoms with van der Waals surface area (Å²) < 4.78 is 2.41. The minimum absolute atomic E-state index is 0.606. The van der Waals surface area contributed by atoms with Crippen LogP contribution in [0.2, 0.25) is 0 Å². The van der Waals surface area contributed by atoms with Gasteiger partial charge in [-0.2, -0.15) is 0 Å². The van der Waals surface area contributed by atoms with E-state index in [1.54, 1.807) is 6.08 Å². The summed E-state index contributed by atoms with van der Waals surface area (Å²) in [6.45, 7) is 0. The van der Waals surface area contributed by atoms with Crippen LogP contribution >= 0.6 is 0 Å². The quantitative estimate of drug-likeness (QED) is 0.110. The third-order valence-electron chi connectivity index (χ3n) is 11.5. The van der Waals surface area contributed by atoms with Crippen LogP contribution < -0.4 is 4.90 Å². The van der Waals surface area contributed by atoms with E-state index in [1.807, 2.05) is 6.08 Å². The molecule has 0 radical (unpaired) electrons. The minimum atomic E-state index is 0.606. The van der Waals surface area contributed by atoms with Crippen molar-refractivity contribution >= 4 is 38.9 Å². The third-order valence-corrected chi connectivity index (χ3v) is 11.5. The summed E-state index contributed by atoms with van der Waals surface area (Å²) >= 11 is 0. The van der Waals surface area contributed by atoms with Crippen LogP contribution in [-0.4, -0.2) is 4.57 Å². The van der Waals surface area contributed by atoms with Crippen LogP contribution in [-0.2, 0) is 6.42 Å². The lowest BCUT2D eigenvalue weighted by molar-refractivity contribution is 0.418. The van der Waals surface area contributed by atoms with Gasteiger partial charge < -0.3 is 9.47 Å². The number of hydrogen-bond donors (Lipinski definition) is 0. The van der Waals surface area contributed by atoms with Crippen LogP contribution in [0.3, 0.4) is 0 Å². The molecule has 0 unspecified atom stereocenters. The van der Waals surface area contributed by atoms with Crippen LogP contribution in [0.15, 0.2) is 170 Å². The predicted molar refractivity (Wildman–Crippen MR) is 220 cm³/mol. The van der Waals surface area contributed by atoms with Crippen molar-refractivity contribution in [1.82, 2.24) is 4.57 Å². The number of anilines is 3. The molecule has 2 fully saturated rings. The molecular formula is C50H42N2. The van der Waals surface area contributed by atoms with Gasteiger partial charge in [0.25, 0.3) is 0 Å². The van der Waals surface area contributed by atoms with Crippen molar-refractivity contribution in [3.05, 3.63) is 181 Å². The topological polar surface area (TPSA) is 8.17 Å².